The fourth-order valence-corrected chi connectivity index (χ4v) is 2.44. The molecule has 0 spiro atoms. The molecule has 1 aliphatic rings. The van der Waals surface area contributed by atoms with Crippen molar-refractivity contribution < 1.29 is 9.53 Å². The van der Waals surface area contributed by atoms with Crippen molar-refractivity contribution in [1.29, 1.82) is 0 Å². The average Bonchev–Trinajstić information content (AvgIpc) is 3.07. The van der Waals surface area contributed by atoms with Gasteiger partial charge in [0, 0.05) is 31.7 Å². The summed E-state index contributed by atoms with van der Waals surface area (Å²) in [7, 11) is 1.88. The molecule has 0 aromatic carbocycles. The second-order valence-corrected chi connectivity index (χ2v) is 5.07. The predicted molar refractivity (Wildman–Crippen MR) is 73.3 cm³/mol. The van der Waals surface area contributed by atoms with Crippen LogP contribution in [0.2, 0.25) is 0 Å². The molecular formula is C14H18N4O2. The molecule has 6 nitrogen and oxygen atoms in total. The summed E-state index contributed by atoms with van der Waals surface area (Å²) in [6.07, 6.45) is 3.47. The van der Waals surface area contributed by atoms with Crippen LogP contribution in [-0.4, -0.2) is 45.0 Å². The molecule has 106 valence electrons. The van der Waals surface area contributed by atoms with E-state index in [0.717, 1.165) is 11.5 Å². The normalized spacial score (nSPS) is 19.3. The molecule has 6 heteroatoms. The number of nitrogens with one attached hydrogen (secondary N) is 1. The smallest absolute Gasteiger partial charge is 0.270 e. The Labute approximate surface area is 117 Å². The highest BCUT2D eigenvalue weighted by Gasteiger charge is 2.28. The zero-order valence-corrected chi connectivity index (χ0v) is 11.7. The number of aryl methyl sites for hydroxylation is 2. The number of morpholine rings is 1. The van der Waals surface area contributed by atoms with Crippen molar-refractivity contribution in [2.75, 3.05) is 19.7 Å². The molecule has 20 heavy (non-hydrogen) atoms. The Balaban J connectivity index is 1.75. The third-order valence-electron chi connectivity index (χ3n) is 3.54. The number of aromatic nitrogens is 3. The molecule has 1 saturated heterocycles. The Hall–Kier alpha value is -2.08. The summed E-state index contributed by atoms with van der Waals surface area (Å²) in [6.45, 7) is 3.62. The summed E-state index contributed by atoms with van der Waals surface area (Å²) in [5.41, 5.74) is 1.69. The van der Waals surface area contributed by atoms with Crippen molar-refractivity contribution in [3.8, 4) is 0 Å². The Kier molecular flexibility index (Phi) is 3.31. The third kappa shape index (κ3) is 2.34. The molecule has 0 bridgehead atoms. The number of imidazole rings is 1. The largest absolute Gasteiger partial charge is 0.367 e. The summed E-state index contributed by atoms with van der Waals surface area (Å²) in [6, 6.07) is 3.71. The standard InChI is InChI=1S/C14H18N4O2/c1-10-8-15-13(16-10)12-9-18(6-7-20-12)14(19)11-4-3-5-17(11)2/h3-5,8,12H,6-7,9H2,1-2H3,(H,15,16)/t12-/m0/s1. The molecule has 2 aromatic heterocycles. The van der Waals surface area contributed by atoms with Gasteiger partial charge in [0.05, 0.1) is 13.2 Å². The van der Waals surface area contributed by atoms with Gasteiger partial charge in [-0.2, -0.15) is 0 Å². The number of hydrogen-bond donors (Lipinski definition) is 1. The van der Waals surface area contributed by atoms with E-state index < -0.39 is 0 Å². The quantitative estimate of drug-likeness (QED) is 0.897. The van der Waals surface area contributed by atoms with Crippen molar-refractivity contribution in [2.24, 2.45) is 7.05 Å². The van der Waals surface area contributed by atoms with Gasteiger partial charge in [-0.05, 0) is 19.1 Å². The number of H-pyrrole nitrogens is 1. The zero-order chi connectivity index (χ0) is 14.1. The minimum absolute atomic E-state index is 0.0362. The molecule has 3 rings (SSSR count). The summed E-state index contributed by atoms with van der Waals surface area (Å²) in [5, 5.41) is 0. The van der Waals surface area contributed by atoms with Crippen LogP contribution in [0.3, 0.4) is 0 Å². The van der Waals surface area contributed by atoms with Crippen LogP contribution in [0.4, 0.5) is 0 Å². The minimum atomic E-state index is -0.179. The van der Waals surface area contributed by atoms with Crippen LogP contribution >= 0.6 is 0 Å². The lowest BCUT2D eigenvalue weighted by Crippen LogP contribution is -2.43. The van der Waals surface area contributed by atoms with Gasteiger partial charge in [0.2, 0.25) is 0 Å². The minimum Gasteiger partial charge on any atom is -0.367 e. The molecule has 0 aliphatic carbocycles. The van der Waals surface area contributed by atoms with E-state index in [2.05, 4.69) is 9.97 Å². The molecule has 1 fully saturated rings. The zero-order valence-electron chi connectivity index (χ0n) is 11.7. The second kappa shape index (κ2) is 5.13. The molecule has 1 aliphatic heterocycles. The van der Waals surface area contributed by atoms with Crippen molar-refractivity contribution in [1.82, 2.24) is 19.4 Å². The van der Waals surface area contributed by atoms with Crippen LogP contribution in [0.25, 0.3) is 0 Å². The molecule has 1 amide bonds. The number of nitrogens with zero attached hydrogens (tertiary/aromatic N) is 3. The molecule has 2 aromatic rings. The van der Waals surface area contributed by atoms with Crippen molar-refractivity contribution >= 4 is 5.91 Å². The maximum absolute atomic E-state index is 12.5. The van der Waals surface area contributed by atoms with Gasteiger partial charge in [0.1, 0.15) is 17.6 Å². The van der Waals surface area contributed by atoms with Gasteiger partial charge in [-0.1, -0.05) is 0 Å². The molecule has 0 unspecified atom stereocenters. The van der Waals surface area contributed by atoms with Crippen LogP contribution < -0.4 is 0 Å². The number of hydrogen-bond acceptors (Lipinski definition) is 3. The van der Waals surface area contributed by atoms with Gasteiger partial charge < -0.3 is 19.2 Å². The number of carbonyl (C=O) groups excluding carboxylic acids is 1. The topological polar surface area (TPSA) is 63.1 Å². The van der Waals surface area contributed by atoms with E-state index >= 15 is 0 Å². The lowest BCUT2D eigenvalue weighted by Gasteiger charge is -2.32. The van der Waals surface area contributed by atoms with E-state index in [-0.39, 0.29) is 12.0 Å². The van der Waals surface area contributed by atoms with E-state index in [0.29, 0.717) is 25.4 Å². The Morgan fingerprint density at radius 1 is 1.55 bits per heavy atom. The fourth-order valence-electron chi connectivity index (χ4n) is 2.44. The molecule has 1 atom stereocenters. The summed E-state index contributed by atoms with van der Waals surface area (Å²) < 4.78 is 7.55. The summed E-state index contributed by atoms with van der Waals surface area (Å²) >= 11 is 0. The first kappa shape index (κ1) is 12.9. The second-order valence-electron chi connectivity index (χ2n) is 5.07. The first-order chi connectivity index (χ1) is 9.65. The number of ether oxygens (including phenoxy) is 1. The number of aromatic amines is 1. The Bertz CT molecular complexity index is 616. The summed E-state index contributed by atoms with van der Waals surface area (Å²) in [5.74, 6) is 0.820. The van der Waals surface area contributed by atoms with Gasteiger partial charge in [-0.3, -0.25) is 4.79 Å². The Morgan fingerprint density at radius 2 is 2.40 bits per heavy atom. The van der Waals surface area contributed by atoms with E-state index in [4.69, 9.17) is 4.74 Å². The van der Waals surface area contributed by atoms with Crippen LogP contribution in [-0.2, 0) is 11.8 Å². The first-order valence-electron chi connectivity index (χ1n) is 6.69. The Morgan fingerprint density at radius 3 is 3.05 bits per heavy atom. The van der Waals surface area contributed by atoms with Crippen molar-refractivity contribution in [3.05, 3.63) is 41.7 Å². The molecular weight excluding hydrogens is 256 g/mol. The van der Waals surface area contributed by atoms with Crippen molar-refractivity contribution in [3.63, 3.8) is 0 Å². The fraction of sp³-hybridized carbons (Fsp3) is 0.429. The summed E-state index contributed by atoms with van der Waals surface area (Å²) in [4.78, 5) is 21.8. The van der Waals surface area contributed by atoms with Gasteiger partial charge in [-0.15, -0.1) is 0 Å². The highest BCUT2D eigenvalue weighted by atomic mass is 16.5. The van der Waals surface area contributed by atoms with Crippen molar-refractivity contribution in [2.45, 2.75) is 13.0 Å². The van der Waals surface area contributed by atoms with Gasteiger partial charge in [-0.25, -0.2) is 4.98 Å². The lowest BCUT2D eigenvalue weighted by molar-refractivity contribution is -0.0267. The van der Waals surface area contributed by atoms with Crippen LogP contribution in [0.1, 0.15) is 28.1 Å². The van der Waals surface area contributed by atoms with Gasteiger partial charge in [0.15, 0.2) is 0 Å². The highest BCUT2D eigenvalue weighted by molar-refractivity contribution is 5.92. The molecule has 0 saturated carbocycles. The van der Waals surface area contributed by atoms with E-state index in [1.54, 1.807) is 6.20 Å². The highest BCUT2D eigenvalue weighted by Crippen LogP contribution is 2.21. The van der Waals surface area contributed by atoms with Crippen LogP contribution in [0.15, 0.2) is 24.5 Å². The van der Waals surface area contributed by atoms with E-state index in [9.17, 15) is 4.79 Å². The van der Waals surface area contributed by atoms with Gasteiger partial charge in [0.25, 0.3) is 5.91 Å². The predicted octanol–water partition coefficient (Wildman–Crippen LogP) is 1.27. The number of amides is 1. The number of rotatable bonds is 2. The SMILES string of the molecule is Cc1cnc([C@@H]2CN(C(=O)c3cccn3C)CCO2)[nH]1. The van der Waals surface area contributed by atoms with Crippen LogP contribution in [0, 0.1) is 6.92 Å². The molecule has 3 heterocycles. The van der Waals surface area contributed by atoms with E-state index in [1.807, 2.05) is 41.8 Å². The number of carbonyl (C=O) groups is 1. The maximum Gasteiger partial charge on any atom is 0.270 e. The van der Waals surface area contributed by atoms with E-state index in [1.165, 1.54) is 0 Å². The molecule has 1 N–H and O–H groups in total. The third-order valence-corrected chi connectivity index (χ3v) is 3.54. The monoisotopic (exact) mass is 274 g/mol. The molecule has 0 radical (unpaired) electrons. The van der Waals surface area contributed by atoms with Gasteiger partial charge >= 0.3 is 0 Å². The first-order valence-corrected chi connectivity index (χ1v) is 6.69. The maximum atomic E-state index is 12.5. The lowest BCUT2D eigenvalue weighted by atomic mass is 10.2. The van der Waals surface area contributed by atoms with Crippen LogP contribution in [0.5, 0.6) is 0 Å². The average molecular weight is 274 g/mol.